The molecule has 0 aromatic rings. The normalized spacial score (nSPS) is 41.8. The summed E-state index contributed by atoms with van der Waals surface area (Å²) in [7, 11) is 0. The number of hydrogen-bond donors (Lipinski definition) is 0. The Balaban J connectivity index is 1.78. The third-order valence-electron chi connectivity index (χ3n) is 3.52. The molecule has 0 radical (unpaired) electrons. The van der Waals surface area contributed by atoms with E-state index in [2.05, 4.69) is 39.1 Å². The van der Waals surface area contributed by atoms with Crippen molar-refractivity contribution in [3.05, 3.63) is 22.7 Å². The monoisotopic (exact) mass is 255 g/mol. The van der Waals surface area contributed by atoms with Crippen molar-refractivity contribution in [3.8, 4) is 0 Å². The summed E-state index contributed by atoms with van der Waals surface area (Å²) in [6.45, 7) is 3.97. The first-order valence-electron chi connectivity index (χ1n) is 5.21. The Hall–Kier alpha value is -0.120. The van der Waals surface area contributed by atoms with Gasteiger partial charge in [0.2, 0.25) is 0 Å². The molecule has 76 valence electrons. The summed E-state index contributed by atoms with van der Waals surface area (Å²) in [5.41, 5.74) is 0.362. The van der Waals surface area contributed by atoms with Crippen LogP contribution in [0, 0.1) is 5.92 Å². The Bertz CT molecular complexity index is 306. The van der Waals surface area contributed by atoms with Crippen LogP contribution in [0.3, 0.4) is 0 Å². The molecule has 1 aliphatic heterocycles. The largest absolute Gasteiger partial charge is 0.379 e. The molecule has 2 atom stereocenters. The van der Waals surface area contributed by atoms with Gasteiger partial charge in [-0.2, -0.15) is 0 Å². The van der Waals surface area contributed by atoms with E-state index in [-0.39, 0.29) is 0 Å². The zero-order chi connectivity index (χ0) is 9.60. The molecule has 1 saturated carbocycles. The maximum Gasteiger partial charge on any atom is 0.0594 e. The van der Waals surface area contributed by atoms with Crippen molar-refractivity contribution in [2.45, 2.75) is 12.0 Å². The number of morpholine rings is 1. The molecule has 1 heterocycles. The highest BCUT2D eigenvalue weighted by atomic mass is 79.9. The van der Waals surface area contributed by atoms with Gasteiger partial charge < -0.3 is 4.74 Å². The molecule has 0 N–H and O–H groups in total. The van der Waals surface area contributed by atoms with Crippen LogP contribution >= 0.6 is 15.9 Å². The molecule has 0 amide bonds. The molecule has 14 heavy (non-hydrogen) atoms. The average Bonchev–Trinajstić information content (AvgIpc) is 2.94. The van der Waals surface area contributed by atoms with Crippen LogP contribution in [0.15, 0.2) is 22.7 Å². The Labute approximate surface area is 92.7 Å². The van der Waals surface area contributed by atoms with E-state index in [1.54, 1.807) is 0 Å². The number of ether oxygens (including phenoxy) is 1. The van der Waals surface area contributed by atoms with E-state index in [9.17, 15) is 0 Å². The van der Waals surface area contributed by atoms with Gasteiger partial charge in [-0.1, -0.05) is 34.2 Å². The molecule has 2 aliphatic carbocycles. The number of halogens is 1. The van der Waals surface area contributed by atoms with Gasteiger partial charge in [0.05, 0.1) is 13.2 Å². The van der Waals surface area contributed by atoms with Crippen LogP contribution in [-0.2, 0) is 4.74 Å². The van der Waals surface area contributed by atoms with Gasteiger partial charge in [0.25, 0.3) is 0 Å². The number of nitrogens with zero attached hydrogens (tertiary/aromatic N) is 1. The summed E-state index contributed by atoms with van der Waals surface area (Å²) < 4.78 is 6.62. The minimum absolute atomic E-state index is 0.362. The summed E-state index contributed by atoms with van der Waals surface area (Å²) in [5.74, 6) is 0.736. The molecule has 0 aromatic carbocycles. The second-order valence-corrected chi connectivity index (χ2v) is 5.20. The molecule has 2 unspecified atom stereocenters. The van der Waals surface area contributed by atoms with Crippen LogP contribution in [0.1, 0.15) is 6.42 Å². The summed E-state index contributed by atoms with van der Waals surface area (Å²) in [6, 6.07) is 0. The topological polar surface area (TPSA) is 12.5 Å². The first kappa shape index (κ1) is 9.13. The number of rotatable bonds is 1. The van der Waals surface area contributed by atoms with Crippen molar-refractivity contribution in [2.75, 3.05) is 26.3 Å². The van der Waals surface area contributed by atoms with E-state index in [1.165, 1.54) is 10.9 Å². The predicted molar refractivity (Wildman–Crippen MR) is 59.4 cm³/mol. The maximum atomic E-state index is 5.38. The molecule has 0 aromatic heterocycles. The van der Waals surface area contributed by atoms with Crippen LogP contribution < -0.4 is 0 Å². The number of hydrogen-bond acceptors (Lipinski definition) is 2. The fourth-order valence-electron chi connectivity index (χ4n) is 2.61. The first-order valence-corrected chi connectivity index (χ1v) is 6.00. The Morgan fingerprint density at radius 3 is 2.93 bits per heavy atom. The van der Waals surface area contributed by atoms with Crippen LogP contribution in [0.2, 0.25) is 0 Å². The maximum absolute atomic E-state index is 5.38. The minimum Gasteiger partial charge on any atom is -0.379 e. The highest BCUT2D eigenvalue weighted by molar-refractivity contribution is 9.11. The van der Waals surface area contributed by atoms with Gasteiger partial charge in [-0.3, -0.25) is 4.90 Å². The van der Waals surface area contributed by atoms with Crippen molar-refractivity contribution < 1.29 is 4.74 Å². The fourth-order valence-corrected chi connectivity index (χ4v) is 3.06. The molecule has 2 fully saturated rings. The van der Waals surface area contributed by atoms with Gasteiger partial charge in [-0.15, -0.1) is 0 Å². The highest BCUT2D eigenvalue weighted by Gasteiger charge is 2.56. The van der Waals surface area contributed by atoms with Crippen LogP contribution in [0.5, 0.6) is 0 Å². The van der Waals surface area contributed by atoms with Crippen molar-refractivity contribution in [2.24, 2.45) is 5.92 Å². The Morgan fingerprint density at radius 2 is 2.21 bits per heavy atom. The fraction of sp³-hybridized carbons (Fsp3) is 0.636. The van der Waals surface area contributed by atoms with E-state index >= 15 is 0 Å². The second-order valence-electron chi connectivity index (χ2n) is 4.29. The lowest BCUT2D eigenvalue weighted by molar-refractivity contribution is 0.0178. The van der Waals surface area contributed by atoms with E-state index in [0.717, 1.165) is 32.2 Å². The van der Waals surface area contributed by atoms with Gasteiger partial charge in [-0.05, 0) is 6.42 Å². The average molecular weight is 256 g/mol. The summed E-state index contributed by atoms with van der Waals surface area (Å²) in [6.07, 6.45) is 8.19. The van der Waals surface area contributed by atoms with E-state index in [1.807, 2.05) is 0 Å². The zero-order valence-corrected chi connectivity index (χ0v) is 9.66. The lowest BCUT2D eigenvalue weighted by atomic mass is 10.1. The summed E-state index contributed by atoms with van der Waals surface area (Å²) in [5, 5.41) is 0. The lowest BCUT2D eigenvalue weighted by Gasteiger charge is -2.34. The second kappa shape index (κ2) is 3.19. The van der Waals surface area contributed by atoms with Gasteiger partial charge in [0.1, 0.15) is 0 Å². The molecule has 0 bridgehead atoms. The van der Waals surface area contributed by atoms with E-state index in [4.69, 9.17) is 4.74 Å². The molecule has 0 spiro atoms. The smallest absolute Gasteiger partial charge is 0.0594 e. The standard InChI is InChI=1S/C11H14BrNO/c12-10-1-2-11(8-9(11)7-10)13-3-5-14-6-4-13/h1-2,7,9H,3-6,8H2. The first-order chi connectivity index (χ1) is 6.81. The molecule has 3 rings (SSSR count). The van der Waals surface area contributed by atoms with Gasteiger partial charge in [-0.25, -0.2) is 0 Å². The molecule has 3 aliphatic rings. The molecule has 3 heteroatoms. The summed E-state index contributed by atoms with van der Waals surface area (Å²) in [4.78, 5) is 2.58. The quantitative estimate of drug-likeness (QED) is 0.710. The van der Waals surface area contributed by atoms with Gasteiger partial charge >= 0.3 is 0 Å². The zero-order valence-electron chi connectivity index (χ0n) is 8.08. The Kier molecular flexibility index (Phi) is 2.08. The SMILES string of the molecule is BrC1=CC2CC2(N2CCOCC2)C=C1. The molecule has 1 saturated heterocycles. The van der Waals surface area contributed by atoms with Crippen LogP contribution in [0.25, 0.3) is 0 Å². The third kappa shape index (κ3) is 1.30. The van der Waals surface area contributed by atoms with Crippen molar-refractivity contribution in [1.82, 2.24) is 4.90 Å². The minimum atomic E-state index is 0.362. The highest BCUT2D eigenvalue weighted by Crippen LogP contribution is 2.53. The number of allylic oxidation sites excluding steroid dienone is 2. The van der Waals surface area contributed by atoms with Crippen molar-refractivity contribution in [3.63, 3.8) is 0 Å². The predicted octanol–water partition coefficient (Wildman–Crippen LogP) is 1.93. The van der Waals surface area contributed by atoms with E-state index < -0.39 is 0 Å². The Morgan fingerprint density at radius 1 is 1.43 bits per heavy atom. The van der Waals surface area contributed by atoms with E-state index in [0.29, 0.717) is 5.54 Å². The third-order valence-corrected chi connectivity index (χ3v) is 4.05. The van der Waals surface area contributed by atoms with Crippen molar-refractivity contribution in [1.29, 1.82) is 0 Å². The van der Waals surface area contributed by atoms with Gasteiger partial charge in [0.15, 0.2) is 0 Å². The molecular formula is C11H14BrNO. The molecular weight excluding hydrogens is 242 g/mol. The van der Waals surface area contributed by atoms with Crippen molar-refractivity contribution >= 4 is 15.9 Å². The summed E-state index contributed by atoms with van der Waals surface area (Å²) >= 11 is 3.53. The van der Waals surface area contributed by atoms with Gasteiger partial charge in [0, 0.05) is 29.0 Å². The number of fused-ring (bicyclic) bond motifs is 1. The van der Waals surface area contributed by atoms with Crippen LogP contribution in [0.4, 0.5) is 0 Å². The molecule has 2 nitrogen and oxygen atoms in total. The van der Waals surface area contributed by atoms with Crippen LogP contribution in [-0.4, -0.2) is 36.7 Å². The lowest BCUT2D eigenvalue weighted by Crippen LogP contribution is -2.45.